The van der Waals surface area contributed by atoms with E-state index in [4.69, 9.17) is 4.74 Å². The summed E-state index contributed by atoms with van der Waals surface area (Å²) in [6.07, 6.45) is 0.451. The van der Waals surface area contributed by atoms with Crippen molar-refractivity contribution in [1.82, 2.24) is 0 Å². The molecule has 0 fully saturated rings. The molecular formula is C20H21NO3. The van der Waals surface area contributed by atoms with E-state index < -0.39 is 0 Å². The Morgan fingerprint density at radius 2 is 1.75 bits per heavy atom. The van der Waals surface area contributed by atoms with Crippen LogP contribution in [0, 0.1) is 0 Å². The summed E-state index contributed by atoms with van der Waals surface area (Å²) < 4.78 is 4.88. The quantitative estimate of drug-likeness (QED) is 0.779. The van der Waals surface area contributed by atoms with Gasteiger partial charge in [-0.25, -0.2) is 4.79 Å². The van der Waals surface area contributed by atoms with E-state index >= 15 is 0 Å². The Hall–Kier alpha value is -2.62. The topological polar surface area (TPSA) is 46.6 Å². The van der Waals surface area contributed by atoms with Crippen LogP contribution in [0.25, 0.3) is 0 Å². The summed E-state index contributed by atoms with van der Waals surface area (Å²) in [7, 11) is 1.38. The van der Waals surface area contributed by atoms with Gasteiger partial charge in [0, 0.05) is 17.7 Å². The number of amides is 1. The molecular weight excluding hydrogens is 302 g/mol. The highest BCUT2D eigenvalue weighted by Gasteiger charge is 2.34. The van der Waals surface area contributed by atoms with E-state index in [1.165, 1.54) is 7.11 Å². The van der Waals surface area contributed by atoms with Crippen LogP contribution in [0.2, 0.25) is 0 Å². The monoisotopic (exact) mass is 323 g/mol. The lowest BCUT2D eigenvalue weighted by Crippen LogP contribution is -2.41. The molecule has 1 heterocycles. The summed E-state index contributed by atoms with van der Waals surface area (Å²) in [6, 6.07) is 14.8. The molecule has 2 aromatic carbocycles. The summed E-state index contributed by atoms with van der Waals surface area (Å²) in [6.45, 7) is 4.88. The van der Waals surface area contributed by atoms with E-state index in [1.54, 1.807) is 11.0 Å². The Balaban J connectivity index is 2.05. The SMILES string of the molecule is COC(=O)N1CCC(C)(C)c2cc(C(=O)c3ccccc3)ccc21. The first-order valence-corrected chi connectivity index (χ1v) is 8.04. The molecule has 1 aliphatic rings. The molecule has 0 aliphatic carbocycles. The van der Waals surface area contributed by atoms with Crippen LogP contribution in [0.1, 0.15) is 41.8 Å². The van der Waals surface area contributed by atoms with E-state index in [2.05, 4.69) is 13.8 Å². The van der Waals surface area contributed by atoms with Crippen LogP contribution in [0.5, 0.6) is 0 Å². The molecule has 1 amide bonds. The second kappa shape index (κ2) is 6.11. The molecule has 0 saturated heterocycles. The van der Waals surface area contributed by atoms with Crippen molar-refractivity contribution in [2.45, 2.75) is 25.7 Å². The molecule has 4 heteroatoms. The minimum absolute atomic E-state index is 0.00982. The molecule has 0 radical (unpaired) electrons. The summed E-state index contributed by atoms with van der Waals surface area (Å²) in [5.74, 6) is -0.00982. The summed E-state index contributed by atoms with van der Waals surface area (Å²) in [4.78, 5) is 26.4. The zero-order valence-corrected chi connectivity index (χ0v) is 14.2. The van der Waals surface area contributed by atoms with Gasteiger partial charge >= 0.3 is 6.09 Å². The zero-order chi connectivity index (χ0) is 17.3. The van der Waals surface area contributed by atoms with Crippen LogP contribution in [-0.2, 0) is 10.2 Å². The number of carbonyl (C=O) groups is 2. The van der Waals surface area contributed by atoms with Crippen LogP contribution in [0.4, 0.5) is 10.5 Å². The molecule has 0 bridgehead atoms. The molecule has 0 aromatic heterocycles. The fourth-order valence-electron chi connectivity index (χ4n) is 3.16. The number of ether oxygens (including phenoxy) is 1. The number of methoxy groups -OCH3 is 1. The summed E-state index contributed by atoms with van der Waals surface area (Å²) in [5.41, 5.74) is 3.02. The largest absolute Gasteiger partial charge is 0.452 e. The van der Waals surface area contributed by atoms with Crippen LogP contribution in [-0.4, -0.2) is 25.5 Å². The van der Waals surface area contributed by atoms with Crippen molar-refractivity contribution in [3.63, 3.8) is 0 Å². The molecule has 0 spiro atoms. The Labute approximate surface area is 142 Å². The van der Waals surface area contributed by atoms with Gasteiger partial charge in [-0.2, -0.15) is 0 Å². The second-order valence-electron chi connectivity index (χ2n) is 6.68. The smallest absolute Gasteiger partial charge is 0.414 e. The van der Waals surface area contributed by atoms with Gasteiger partial charge in [-0.3, -0.25) is 9.69 Å². The van der Waals surface area contributed by atoms with E-state index in [0.717, 1.165) is 17.7 Å². The van der Waals surface area contributed by atoms with Crippen molar-refractivity contribution in [3.05, 3.63) is 65.2 Å². The van der Waals surface area contributed by atoms with Gasteiger partial charge in [0.25, 0.3) is 0 Å². The average Bonchev–Trinajstić information content (AvgIpc) is 2.61. The molecule has 0 N–H and O–H groups in total. The van der Waals surface area contributed by atoms with Crippen LogP contribution in [0.3, 0.4) is 0 Å². The standard InChI is InChI=1S/C20H21NO3/c1-20(2)11-12-21(19(23)24-3)17-10-9-15(13-16(17)20)18(22)14-7-5-4-6-8-14/h4-10,13H,11-12H2,1-3H3. The predicted octanol–water partition coefficient (Wildman–Crippen LogP) is 4.17. The zero-order valence-electron chi connectivity index (χ0n) is 14.2. The third-order valence-electron chi connectivity index (χ3n) is 4.67. The first kappa shape index (κ1) is 16.2. The van der Waals surface area contributed by atoms with E-state index in [9.17, 15) is 9.59 Å². The van der Waals surface area contributed by atoms with E-state index in [-0.39, 0.29) is 17.3 Å². The first-order valence-electron chi connectivity index (χ1n) is 8.04. The van der Waals surface area contributed by atoms with Gasteiger partial charge in [0.05, 0.1) is 12.8 Å². The average molecular weight is 323 g/mol. The summed E-state index contributed by atoms with van der Waals surface area (Å²) in [5, 5.41) is 0. The van der Waals surface area contributed by atoms with Gasteiger partial charge < -0.3 is 4.74 Å². The van der Waals surface area contributed by atoms with Crippen molar-refractivity contribution in [1.29, 1.82) is 0 Å². The number of fused-ring (bicyclic) bond motifs is 1. The number of nitrogens with zero attached hydrogens (tertiary/aromatic N) is 1. The summed E-state index contributed by atoms with van der Waals surface area (Å²) >= 11 is 0. The highest BCUT2D eigenvalue weighted by atomic mass is 16.5. The maximum absolute atomic E-state index is 12.7. The maximum atomic E-state index is 12.7. The molecule has 0 atom stereocenters. The number of hydrogen-bond acceptors (Lipinski definition) is 3. The number of anilines is 1. The third-order valence-corrected chi connectivity index (χ3v) is 4.67. The van der Waals surface area contributed by atoms with Crippen molar-refractivity contribution in [2.75, 3.05) is 18.6 Å². The van der Waals surface area contributed by atoms with Gasteiger partial charge in [-0.05, 0) is 35.6 Å². The van der Waals surface area contributed by atoms with Crippen molar-refractivity contribution < 1.29 is 14.3 Å². The molecule has 1 aliphatic heterocycles. The highest BCUT2D eigenvalue weighted by Crippen LogP contribution is 2.40. The second-order valence-corrected chi connectivity index (χ2v) is 6.68. The lowest BCUT2D eigenvalue weighted by molar-refractivity contribution is 0.103. The fourth-order valence-corrected chi connectivity index (χ4v) is 3.16. The van der Waals surface area contributed by atoms with E-state index in [0.29, 0.717) is 17.7 Å². The Morgan fingerprint density at radius 3 is 2.42 bits per heavy atom. The van der Waals surface area contributed by atoms with E-state index in [1.807, 2.05) is 42.5 Å². The van der Waals surface area contributed by atoms with Crippen LogP contribution < -0.4 is 4.90 Å². The Morgan fingerprint density at radius 1 is 1.04 bits per heavy atom. The fraction of sp³-hybridized carbons (Fsp3) is 0.300. The number of rotatable bonds is 2. The molecule has 0 saturated carbocycles. The number of hydrogen-bond donors (Lipinski definition) is 0. The molecule has 24 heavy (non-hydrogen) atoms. The van der Waals surface area contributed by atoms with Gasteiger partial charge in [0.1, 0.15) is 0 Å². The molecule has 3 rings (SSSR count). The minimum atomic E-state index is -0.367. The third kappa shape index (κ3) is 2.80. The number of benzene rings is 2. The first-order chi connectivity index (χ1) is 11.4. The Bertz CT molecular complexity index is 781. The minimum Gasteiger partial charge on any atom is -0.452 e. The van der Waals surface area contributed by atoms with Crippen molar-refractivity contribution in [3.8, 4) is 0 Å². The molecule has 4 nitrogen and oxygen atoms in total. The van der Waals surface area contributed by atoms with Crippen LogP contribution in [0.15, 0.2) is 48.5 Å². The normalized spacial score (nSPS) is 15.5. The molecule has 2 aromatic rings. The van der Waals surface area contributed by atoms with Gasteiger partial charge in [0.2, 0.25) is 0 Å². The predicted molar refractivity (Wildman–Crippen MR) is 93.7 cm³/mol. The van der Waals surface area contributed by atoms with Gasteiger partial charge in [-0.1, -0.05) is 44.2 Å². The Kier molecular flexibility index (Phi) is 4.14. The van der Waals surface area contributed by atoms with Crippen molar-refractivity contribution in [2.24, 2.45) is 0 Å². The lowest BCUT2D eigenvalue weighted by atomic mass is 9.77. The van der Waals surface area contributed by atoms with Crippen LogP contribution >= 0.6 is 0 Å². The van der Waals surface area contributed by atoms with Gasteiger partial charge in [-0.15, -0.1) is 0 Å². The van der Waals surface area contributed by atoms with Crippen molar-refractivity contribution >= 4 is 17.6 Å². The lowest BCUT2D eigenvalue weighted by Gasteiger charge is -2.38. The maximum Gasteiger partial charge on any atom is 0.414 e. The molecule has 124 valence electrons. The van der Waals surface area contributed by atoms with Gasteiger partial charge in [0.15, 0.2) is 5.78 Å². The number of carbonyl (C=O) groups excluding carboxylic acids is 2. The highest BCUT2D eigenvalue weighted by molar-refractivity contribution is 6.09. The molecule has 0 unspecified atom stereocenters. The number of ketones is 1.